The molecule has 3 amide bonds. The second-order valence-corrected chi connectivity index (χ2v) is 7.83. The molecule has 0 aromatic heterocycles. The lowest BCUT2D eigenvalue weighted by molar-refractivity contribution is -0.539. The second kappa shape index (κ2) is 10.3. The van der Waals surface area contributed by atoms with E-state index in [0.717, 1.165) is 21.8 Å². The summed E-state index contributed by atoms with van der Waals surface area (Å²) in [6, 6.07) is 16.4. The van der Waals surface area contributed by atoms with Crippen LogP contribution < -0.4 is 10.2 Å². The van der Waals surface area contributed by atoms with Crippen LogP contribution in [0.1, 0.15) is 11.1 Å². The van der Waals surface area contributed by atoms with E-state index in [2.05, 4.69) is 15.5 Å². The van der Waals surface area contributed by atoms with Crippen LogP contribution in [0.5, 0.6) is 5.75 Å². The van der Waals surface area contributed by atoms with Gasteiger partial charge in [-0.15, -0.1) is 5.10 Å². The predicted molar refractivity (Wildman–Crippen MR) is 127 cm³/mol. The number of guanidine groups is 1. The number of rotatable bonds is 8. The van der Waals surface area contributed by atoms with E-state index < -0.39 is 12.1 Å². The Hall–Kier alpha value is -4.05. The number of hydrogen-bond acceptors (Lipinski definition) is 7. The number of benzene rings is 2. The number of carbonyl (C=O) groups is 2. The van der Waals surface area contributed by atoms with Gasteiger partial charge in [0.2, 0.25) is 11.9 Å². The van der Waals surface area contributed by atoms with Gasteiger partial charge in [0, 0.05) is 21.2 Å². The smallest absolute Gasteiger partial charge is 0.414 e. The van der Waals surface area contributed by atoms with E-state index in [4.69, 9.17) is 9.47 Å². The lowest BCUT2D eigenvalue weighted by atomic mass is 10.1. The third-order valence-electron chi connectivity index (χ3n) is 5.57. The van der Waals surface area contributed by atoms with Crippen LogP contribution in [0.2, 0.25) is 0 Å². The fraction of sp³-hybridized carbons (Fsp3) is 0.292. The first kappa shape index (κ1) is 23.1. The number of hydrazone groups is 1. The van der Waals surface area contributed by atoms with Gasteiger partial charge in [0.05, 0.1) is 19.4 Å². The second-order valence-electron chi connectivity index (χ2n) is 7.83. The largest absolute Gasteiger partial charge is 0.489 e. The normalized spacial score (nSPS) is 18.0. The summed E-state index contributed by atoms with van der Waals surface area (Å²) in [5, 5.41) is 4.28. The third-order valence-corrected chi connectivity index (χ3v) is 5.57. The highest BCUT2D eigenvalue weighted by Gasteiger charge is 2.51. The molecule has 176 valence electrons. The van der Waals surface area contributed by atoms with Gasteiger partial charge < -0.3 is 9.47 Å². The van der Waals surface area contributed by atoms with Crippen LogP contribution in [-0.2, 0) is 16.1 Å². The maximum Gasteiger partial charge on any atom is 0.414 e. The standard InChI is InChI=1S/C24H26N6O4/c1-28-21-20(22(31)29(2)24(28)32)30(13-14-33-3)23(26-21)27-25-15-17-9-11-19(12-10-17)34-16-18-7-5-4-6-8-18/h4-12,15,20H,13-14,16H2,1-3H3/p+1/b25-15+. The fourth-order valence-electron chi connectivity index (χ4n) is 3.67. The quantitative estimate of drug-likeness (QED) is 0.364. The van der Waals surface area contributed by atoms with Gasteiger partial charge in [0.1, 0.15) is 12.4 Å². The van der Waals surface area contributed by atoms with Crippen molar-refractivity contribution < 1.29 is 23.6 Å². The zero-order chi connectivity index (χ0) is 24.1. The number of fused-ring (bicyclic) bond motifs is 1. The van der Waals surface area contributed by atoms with Crippen molar-refractivity contribution in [2.75, 3.05) is 34.4 Å². The summed E-state index contributed by atoms with van der Waals surface area (Å²) in [5.41, 5.74) is 4.86. The number of imide groups is 1. The lowest BCUT2D eigenvalue weighted by Gasteiger charge is -2.31. The number of methoxy groups -OCH3 is 1. The summed E-state index contributed by atoms with van der Waals surface area (Å²) in [7, 11) is 4.64. The van der Waals surface area contributed by atoms with Crippen molar-refractivity contribution in [1.82, 2.24) is 15.2 Å². The molecule has 0 aliphatic carbocycles. The first-order valence-corrected chi connectivity index (χ1v) is 10.8. The minimum Gasteiger partial charge on any atom is -0.489 e. The van der Waals surface area contributed by atoms with Crippen molar-refractivity contribution in [2.24, 2.45) is 10.1 Å². The average Bonchev–Trinajstić information content (AvgIpc) is 3.23. The number of ether oxygens (including phenoxy) is 2. The molecule has 10 heteroatoms. The van der Waals surface area contributed by atoms with Crippen molar-refractivity contribution in [2.45, 2.75) is 12.6 Å². The Kier molecular flexibility index (Phi) is 6.98. The predicted octanol–water partition coefficient (Wildman–Crippen LogP) is 1.51. The van der Waals surface area contributed by atoms with E-state index >= 15 is 0 Å². The van der Waals surface area contributed by atoms with Crippen LogP contribution in [0.3, 0.4) is 0 Å². The van der Waals surface area contributed by atoms with Gasteiger partial charge in [-0.3, -0.25) is 14.6 Å². The van der Waals surface area contributed by atoms with Gasteiger partial charge in [0.25, 0.3) is 5.91 Å². The van der Waals surface area contributed by atoms with Crippen LogP contribution in [0.15, 0.2) is 64.7 Å². The molecule has 1 unspecified atom stereocenters. The first-order chi connectivity index (χ1) is 16.5. The molecule has 10 nitrogen and oxygen atoms in total. The molecule has 2 aliphatic rings. The number of amides is 3. The Morgan fingerprint density at radius 2 is 1.82 bits per heavy atom. The molecule has 0 radical (unpaired) electrons. The van der Waals surface area contributed by atoms with Gasteiger partial charge in [-0.25, -0.2) is 9.37 Å². The third kappa shape index (κ3) is 4.81. The van der Waals surface area contributed by atoms with Crippen LogP contribution in [0.25, 0.3) is 0 Å². The van der Waals surface area contributed by atoms with Crippen molar-refractivity contribution in [1.29, 1.82) is 0 Å². The molecular weight excluding hydrogens is 436 g/mol. The molecule has 1 atom stereocenters. The molecule has 2 aromatic carbocycles. The summed E-state index contributed by atoms with van der Waals surface area (Å²) in [4.78, 5) is 32.0. The molecular formula is C24H27N6O4+. The molecule has 1 N–H and O–H groups in total. The van der Waals surface area contributed by atoms with E-state index in [1.54, 1.807) is 24.9 Å². The summed E-state index contributed by atoms with van der Waals surface area (Å²) >= 11 is 0. The van der Waals surface area contributed by atoms with Crippen LogP contribution in [-0.4, -0.2) is 84.7 Å². The fourth-order valence-corrected chi connectivity index (χ4v) is 3.67. The van der Waals surface area contributed by atoms with Crippen LogP contribution >= 0.6 is 0 Å². The molecule has 2 heterocycles. The number of hydrogen-bond donors (Lipinski definition) is 1. The number of nitrogens with one attached hydrogen (secondary N) is 1. The van der Waals surface area contributed by atoms with Crippen molar-refractivity contribution in [3.63, 3.8) is 0 Å². The maximum atomic E-state index is 12.8. The highest BCUT2D eigenvalue weighted by molar-refractivity contribution is 6.22. The molecule has 0 bridgehead atoms. The first-order valence-electron chi connectivity index (χ1n) is 10.8. The summed E-state index contributed by atoms with van der Waals surface area (Å²) in [5.74, 6) is 1.15. The van der Waals surface area contributed by atoms with E-state index in [-0.39, 0.29) is 5.91 Å². The number of amidine groups is 1. The average molecular weight is 464 g/mol. The Balaban J connectivity index is 1.44. The van der Waals surface area contributed by atoms with Crippen molar-refractivity contribution in [3.8, 4) is 5.75 Å². The summed E-state index contributed by atoms with van der Waals surface area (Å²) < 4.78 is 12.7. The molecule has 1 saturated heterocycles. The summed E-state index contributed by atoms with van der Waals surface area (Å²) in [6.45, 7) is 1.28. The number of nitrogens with zero attached hydrogens (tertiary/aromatic N) is 5. The van der Waals surface area contributed by atoms with Gasteiger partial charge in [-0.1, -0.05) is 35.3 Å². The Labute approximate surface area is 197 Å². The SMILES string of the molecule is COCC[N+]1=C(N/N=C/c2ccc(OCc3ccccc3)cc2)N=C2C1C(=O)N(C)C(=O)N2C. The maximum absolute atomic E-state index is 12.8. The monoisotopic (exact) mass is 463 g/mol. The van der Waals surface area contributed by atoms with Gasteiger partial charge in [-0.05, 0) is 35.4 Å². The molecule has 1 fully saturated rings. The zero-order valence-corrected chi connectivity index (χ0v) is 19.3. The van der Waals surface area contributed by atoms with Crippen LogP contribution in [0.4, 0.5) is 4.79 Å². The Bertz CT molecular complexity index is 1140. The molecule has 0 saturated carbocycles. The van der Waals surface area contributed by atoms with Gasteiger partial charge >= 0.3 is 12.0 Å². The molecule has 4 rings (SSSR count). The minimum absolute atomic E-state index is 0.343. The Morgan fingerprint density at radius 3 is 2.53 bits per heavy atom. The van der Waals surface area contributed by atoms with Crippen molar-refractivity contribution in [3.05, 3.63) is 65.7 Å². The van der Waals surface area contributed by atoms with Crippen molar-refractivity contribution >= 4 is 29.9 Å². The molecule has 0 spiro atoms. The molecule has 2 aromatic rings. The number of carbonyl (C=O) groups excluding carboxylic acids is 2. The van der Waals surface area contributed by atoms with E-state index in [1.165, 1.54) is 11.9 Å². The molecule has 2 aliphatic heterocycles. The number of urea groups is 1. The zero-order valence-electron chi connectivity index (χ0n) is 19.3. The van der Waals surface area contributed by atoms with Gasteiger partial charge in [0.15, 0.2) is 0 Å². The highest BCUT2D eigenvalue weighted by Crippen LogP contribution is 2.18. The van der Waals surface area contributed by atoms with Gasteiger partial charge in [-0.2, -0.15) is 5.43 Å². The Morgan fingerprint density at radius 1 is 1.09 bits per heavy atom. The molecule has 34 heavy (non-hydrogen) atoms. The van der Waals surface area contributed by atoms with E-state index in [0.29, 0.717) is 31.6 Å². The topological polar surface area (TPSA) is 98.8 Å². The van der Waals surface area contributed by atoms with Crippen LogP contribution in [0, 0.1) is 0 Å². The number of likely N-dealkylation sites (N-methyl/N-ethyl adjacent to an activating group) is 2. The minimum atomic E-state index is -0.707. The summed E-state index contributed by atoms with van der Waals surface area (Å²) in [6.07, 6.45) is 1.65. The van der Waals surface area contributed by atoms with E-state index in [9.17, 15) is 9.59 Å². The highest BCUT2D eigenvalue weighted by atomic mass is 16.5. The lowest BCUT2D eigenvalue weighted by Crippen LogP contribution is -2.61. The van der Waals surface area contributed by atoms with E-state index in [1.807, 2.05) is 54.6 Å². The number of aliphatic imine (C=N–C) groups is 1.